The number of amides is 2. The minimum atomic E-state index is -3.55. The Labute approximate surface area is 147 Å². The fourth-order valence-corrected chi connectivity index (χ4v) is 2.92. The maximum Gasteiger partial charge on any atom is 0.319 e. The van der Waals surface area contributed by atoms with Crippen LogP contribution in [0.15, 0.2) is 59.5 Å². The van der Waals surface area contributed by atoms with Crippen molar-refractivity contribution < 1.29 is 17.9 Å². The van der Waals surface area contributed by atoms with Crippen molar-refractivity contribution in [3.05, 3.63) is 54.6 Å². The number of carbonyl (C=O) groups excluding carboxylic acids is 1. The highest BCUT2D eigenvalue weighted by Gasteiger charge is 2.17. The average Bonchev–Trinajstić information content (AvgIpc) is 2.60. The van der Waals surface area contributed by atoms with E-state index >= 15 is 0 Å². The average molecular weight is 363 g/mol. The van der Waals surface area contributed by atoms with Crippen LogP contribution < -0.4 is 15.4 Å². The molecule has 7 nitrogen and oxygen atoms in total. The molecule has 0 atom stereocenters. The Morgan fingerprint density at radius 1 is 1.08 bits per heavy atom. The fourth-order valence-electron chi connectivity index (χ4n) is 1.97. The Morgan fingerprint density at radius 2 is 1.80 bits per heavy atom. The van der Waals surface area contributed by atoms with Crippen LogP contribution >= 0.6 is 0 Å². The van der Waals surface area contributed by atoms with E-state index in [1.165, 1.54) is 26.2 Å². The summed E-state index contributed by atoms with van der Waals surface area (Å²) < 4.78 is 30.8. The van der Waals surface area contributed by atoms with E-state index in [2.05, 4.69) is 10.6 Å². The number of nitrogens with one attached hydrogen (secondary N) is 2. The van der Waals surface area contributed by atoms with Crippen LogP contribution in [0, 0.1) is 0 Å². The first-order valence-electron chi connectivity index (χ1n) is 7.65. The zero-order chi connectivity index (χ0) is 18.3. The van der Waals surface area contributed by atoms with Gasteiger partial charge >= 0.3 is 6.03 Å². The molecule has 0 heterocycles. The van der Waals surface area contributed by atoms with E-state index in [4.69, 9.17) is 4.74 Å². The van der Waals surface area contributed by atoms with Crippen molar-refractivity contribution in [2.75, 3.05) is 32.6 Å². The first-order chi connectivity index (χ1) is 11.9. The SMILES string of the molecule is CN(C)S(=O)(=O)c1cccc(NC(=O)NCCOc2ccccc2)c1. The van der Waals surface area contributed by atoms with E-state index in [9.17, 15) is 13.2 Å². The third-order valence-electron chi connectivity index (χ3n) is 3.27. The van der Waals surface area contributed by atoms with Crippen LogP contribution in [0.4, 0.5) is 10.5 Å². The molecule has 0 fully saturated rings. The van der Waals surface area contributed by atoms with Crippen LogP contribution in [0.5, 0.6) is 5.75 Å². The third-order valence-corrected chi connectivity index (χ3v) is 5.08. The number of para-hydroxylation sites is 1. The highest BCUT2D eigenvalue weighted by molar-refractivity contribution is 7.89. The van der Waals surface area contributed by atoms with E-state index in [0.717, 1.165) is 10.1 Å². The molecular weight excluding hydrogens is 342 g/mol. The molecule has 0 spiro atoms. The van der Waals surface area contributed by atoms with E-state index in [0.29, 0.717) is 18.8 Å². The summed E-state index contributed by atoms with van der Waals surface area (Å²) in [4.78, 5) is 12.0. The summed E-state index contributed by atoms with van der Waals surface area (Å²) in [5, 5.41) is 5.25. The van der Waals surface area contributed by atoms with Crippen LogP contribution in [0.1, 0.15) is 0 Å². The molecule has 0 aliphatic heterocycles. The van der Waals surface area contributed by atoms with Crippen molar-refractivity contribution in [3.8, 4) is 5.75 Å². The molecule has 0 saturated heterocycles. The minimum Gasteiger partial charge on any atom is -0.492 e. The van der Waals surface area contributed by atoms with Crippen molar-refractivity contribution in [2.45, 2.75) is 4.90 Å². The molecule has 0 aliphatic carbocycles. The molecule has 0 aliphatic rings. The van der Waals surface area contributed by atoms with Gasteiger partial charge in [0.05, 0.1) is 11.4 Å². The third kappa shape index (κ3) is 5.47. The van der Waals surface area contributed by atoms with Gasteiger partial charge in [0.25, 0.3) is 0 Å². The molecule has 8 heteroatoms. The number of anilines is 1. The van der Waals surface area contributed by atoms with Crippen molar-refractivity contribution in [3.63, 3.8) is 0 Å². The second kappa shape index (κ2) is 8.50. The summed E-state index contributed by atoms with van der Waals surface area (Å²) in [5.41, 5.74) is 0.393. The van der Waals surface area contributed by atoms with Gasteiger partial charge in [-0.2, -0.15) is 0 Å². The quantitative estimate of drug-likeness (QED) is 0.738. The summed E-state index contributed by atoms with van der Waals surface area (Å²) in [6.45, 7) is 0.642. The number of benzene rings is 2. The van der Waals surface area contributed by atoms with E-state index in [1.807, 2.05) is 30.3 Å². The van der Waals surface area contributed by atoms with Gasteiger partial charge < -0.3 is 15.4 Å². The molecular formula is C17H21N3O4S. The lowest BCUT2D eigenvalue weighted by molar-refractivity contribution is 0.247. The predicted molar refractivity (Wildman–Crippen MR) is 96.3 cm³/mol. The van der Waals surface area contributed by atoms with Crippen molar-refractivity contribution in [1.29, 1.82) is 0 Å². The van der Waals surface area contributed by atoms with Crippen LogP contribution in [0.2, 0.25) is 0 Å². The van der Waals surface area contributed by atoms with Crippen LogP contribution in [-0.2, 0) is 10.0 Å². The van der Waals surface area contributed by atoms with Crippen LogP contribution in [0.25, 0.3) is 0 Å². The zero-order valence-corrected chi connectivity index (χ0v) is 14.9. The van der Waals surface area contributed by atoms with Gasteiger partial charge in [0, 0.05) is 19.8 Å². The molecule has 25 heavy (non-hydrogen) atoms. The summed E-state index contributed by atoms with van der Waals surface area (Å²) in [6, 6.07) is 14.9. The number of carbonyl (C=O) groups is 1. The monoisotopic (exact) mass is 363 g/mol. The molecule has 2 rings (SSSR count). The molecule has 0 aromatic heterocycles. The van der Waals surface area contributed by atoms with Gasteiger partial charge in [-0.15, -0.1) is 0 Å². The fraction of sp³-hybridized carbons (Fsp3) is 0.235. The van der Waals surface area contributed by atoms with Gasteiger partial charge in [-0.1, -0.05) is 24.3 Å². The van der Waals surface area contributed by atoms with E-state index in [-0.39, 0.29) is 4.90 Å². The van der Waals surface area contributed by atoms with E-state index < -0.39 is 16.1 Å². The van der Waals surface area contributed by atoms with Gasteiger partial charge in [-0.25, -0.2) is 17.5 Å². The minimum absolute atomic E-state index is 0.114. The molecule has 0 radical (unpaired) electrons. The van der Waals surface area contributed by atoms with Gasteiger partial charge in [-0.05, 0) is 30.3 Å². The molecule has 2 aromatic rings. The lowest BCUT2D eigenvalue weighted by atomic mass is 10.3. The molecule has 2 aromatic carbocycles. The Bertz CT molecular complexity index is 808. The first kappa shape index (κ1) is 18.8. The van der Waals surface area contributed by atoms with E-state index in [1.54, 1.807) is 12.1 Å². The van der Waals surface area contributed by atoms with Gasteiger partial charge in [0.2, 0.25) is 10.0 Å². The van der Waals surface area contributed by atoms with Crippen molar-refractivity contribution in [1.82, 2.24) is 9.62 Å². The van der Waals surface area contributed by atoms with Gasteiger partial charge in [0.15, 0.2) is 0 Å². The smallest absolute Gasteiger partial charge is 0.319 e. The summed E-state index contributed by atoms with van der Waals surface area (Å²) in [6.07, 6.45) is 0. The second-order valence-corrected chi connectivity index (χ2v) is 7.51. The molecule has 0 saturated carbocycles. The number of nitrogens with zero attached hydrogens (tertiary/aromatic N) is 1. The largest absolute Gasteiger partial charge is 0.492 e. The van der Waals surface area contributed by atoms with Crippen LogP contribution in [-0.4, -0.2) is 46.0 Å². The summed E-state index contributed by atoms with van der Waals surface area (Å²) >= 11 is 0. The molecule has 2 amide bonds. The molecule has 134 valence electrons. The standard InChI is InChI=1S/C17H21N3O4S/c1-20(2)25(22,23)16-10-6-7-14(13-16)19-17(21)18-11-12-24-15-8-4-3-5-9-15/h3-10,13H,11-12H2,1-2H3,(H2,18,19,21). The zero-order valence-electron chi connectivity index (χ0n) is 14.1. The number of rotatable bonds is 7. The maximum absolute atomic E-state index is 12.1. The Morgan fingerprint density at radius 3 is 2.48 bits per heavy atom. The van der Waals surface area contributed by atoms with Crippen molar-refractivity contribution in [2.24, 2.45) is 0 Å². The normalized spacial score (nSPS) is 11.2. The van der Waals surface area contributed by atoms with Crippen molar-refractivity contribution >= 4 is 21.7 Å². The predicted octanol–water partition coefficient (Wildman–Crippen LogP) is 2.14. The number of hydrogen-bond donors (Lipinski definition) is 2. The first-order valence-corrected chi connectivity index (χ1v) is 9.09. The Hall–Kier alpha value is -2.58. The molecule has 0 unspecified atom stereocenters. The van der Waals surface area contributed by atoms with Gasteiger partial charge in [0.1, 0.15) is 12.4 Å². The Balaban J connectivity index is 1.84. The van der Waals surface area contributed by atoms with Gasteiger partial charge in [-0.3, -0.25) is 0 Å². The lowest BCUT2D eigenvalue weighted by Gasteiger charge is -2.13. The summed E-state index contributed by atoms with van der Waals surface area (Å²) in [7, 11) is -0.639. The highest BCUT2D eigenvalue weighted by Crippen LogP contribution is 2.17. The lowest BCUT2D eigenvalue weighted by Crippen LogP contribution is -2.32. The Kier molecular flexibility index (Phi) is 6.37. The number of hydrogen-bond acceptors (Lipinski definition) is 4. The second-order valence-electron chi connectivity index (χ2n) is 5.36. The molecule has 2 N–H and O–H groups in total. The maximum atomic E-state index is 12.1. The summed E-state index contributed by atoms with van der Waals surface area (Å²) in [5.74, 6) is 0.728. The number of sulfonamides is 1. The van der Waals surface area contributed by atoms with Crippen LogP contribution in [0.3, 0.4) is 0 Å². The highest BCUT2D eigenvalue weighted by atomic mass is 32.2. The number of urea groups is 1. The topological polar surface area (TPSA) is 87.7 Å². The number of ether oxygens (including phenoxy) is 1. The molecule has 0 bridgehead atoms.